The fraction of sp³-hybridized carbons (Fsp3) is 0.611. The van der Waals surface area contributed by atoms with E-state index in [2.05, 4.69) is 40.3 Å². The zero-order valence-electron chi connectivity index (χ0n) is 13.7. The van der Waals surface area contributed by atoms with Crippen molar-refractivity contribution in [1.82, 2.24) is 0 Å². The van der Waals surface area contributed by atoms with Crippen molar-refractivity contribution in [3.8, 4) is 0 Å². The maximum absolute atomic E-state index is 12.4. The van der Waals surface area contributed by atoms with Gasteiger partial charge in [0.15, 0.2) is 6.10 Å². The lowest BCUT2D eigenvalue weighted by Gasteiger charge is -2.12. The highest BCUT2D eigenvalue weighted by Gasteiger charge is 2.61. The van der Waals surface area contributed by atoms with E-state index in [-0.39, 0.29) is 29.3 Å². The van der Waals surface area contributed by atoms with Gasteiger partial charge in [0.25, 0.3) is 0 Å². The summed E-state index contributed by atoms with van der Waals surface area (Å²) in [5.74, 6) is 1.03. The molecule has 3 atom stereocenters. The molecule has 1 aliphatic heterocycles. The Balaban J connectivity index is 2.01. The third kappa shape index (κ3) is 3.07. The second kappa shape index (κ2) is 5.70. The fourth-order valence-electron chi connectivity index (χ4n) is 3.08. The molecule has 0 aromatic heterocycles. The van der Waals surface area contributed by atoms with Crippen LogP contribution in [0.25, 0.3) is 0 Å². The molecule has 116 valence electrons. The second-order valence-corrected chi connectivity index (χ2v) is 6.90. The van der Waals surface area contributed by atoms with Crippen LogP contribution in [0.3, 0.4) is 0 Å². The summed E-state index contributed by atoms with van der Waals surface area (Å²) in [6.07, 6.45) is 4.44. The van der Waals surface area contributed by atoms with Gasteiger partial charge in [0.2, 0.25) is 0 Å². The van der Waals surface area contributed by atoms with E-state index in [1.807, 2.05) is 6.92 Å². The lowest BCUT2D eigenvalue weighted by molar-refractivity contribution is -0.150. The zero-order valence-corrected chi connectivity index (χ0v) is 13.7. The summed E-state index contributed by atoms with van der Waals surface area (Å²) in [4.78, 5) is 12.4. The van der Waals surface area contributed by atoms with Gasteiger partial charge in [-0.15, -0.1) is 6.58 Å². The van der Waals surface area contributed by atoms with Gasteiger partial charge in [-0.1, -0.05) is 31.6 Å². The third-order valence-electron chi connectivity index (χ3n) is 4.60. The van der Waals surface area contributed by atoms with Crippen molar-refractivity contribution in [3.05, 3.63) is 35.6 Å². The smallest absolute Gasteiger partial charge is 0.310 e. The molecule has 0 radical (unpaired) electrons. The molecule has 1 unspecified atom stereocenters. The highest BCUT2D eigenvalue weighted by Crippen LogP contribution is 2.60. The maximum atomic E-state index is 12.4. The third-order valence-corrected chi connectivity index (χ3v) is 4.60. The molecule has 0 spiro atoms. The van der Waals surface area contributed by atoms with Crippen LogP contribution >= 0.6 is 0 Å². The van der Waals surface area contributed by atoms with Crippen molar-refractivity contribution in [1.29, 1.82) is 0 Å². The van der Waals surface area contributed by atoms with Crippen LogP contribution in [0.2, 0.25) is 0 Å². The Labute approximate surface area is 127 Å². The fourth-order valence-corrected chi connectivity index (χ4v) is 3.08. The molecule has 0 amide bonds. The first kappa shape index (κ1) is 15.9. The van der Waals surface area contributed by atoms with Gasteiger partial charge in [-0.2, -0.15) is 0 Å². The van der Waals surface area contributed by atoms with Crippen molar-refractivity contribution in [3.63, 3.8) is 0 Å². The molecule has 2 rings (SSSR count). The Morgan fingerprint density at radius 3 is 2.71 bits per heavy atom. The van der Waals surface area contributed by atoms with Gasteiger partial charge in [0, 0.05) is 12.0 Å². The van der Waals surface area contributed by atoms with E-state index in [1.54, 1.807) is 6.08 Å². The molecule has 0 aromatic carbocycles. The van der Waals surface area contributed by atoms with Crippen molar-refractivity contribution in [2.45, 2.75) is 47.1 Å². The van der Waals surface area contributed by atoms with Crippen LogP contribution in [0, 0.1) is 17.3 Å². The summed E-state index contributed by atoms with van der Waals surface area (Å²) in [5.41, 5.74) is 2.26. The van der Waals surface area contributed by atoms with E-state index in [9.17, 15) is 4.79 Å². The predicted molar refractivity (Wildman–Crippen MR) is 83.5 cm³/mol. The number of hydrogen-bond donors (Lipinski definition) is 0. The van der Waals surface area contributed by atoms with Crippen molar-refractivity contribution < 1.29 is 14.3 Å². The summed E-state index contributed by atoms with van der Waals surface area (Å²) in [6, 6.07) is 0. The van der Waals surface area contributed by atoms with Crippen molar-refractivity contribution in [2.75, 3.05) is 6.61 Å². The predicted octanol–water partition coefficient (Wildman–Crippen LogP) is 4.02. The molecule has 3 heteroatoms. The molecule has 0 bridgehead atoms. The molecule has 1 aliphatic carbocycles. The van der Waals surface area contributed by atoms with Gasteiger partial charge in [0.05, 0.1) is 5.92 Å². The lowest BCUT2D eigenvalue weighted by atomic mass is 10.1. The average Bonchev–Trinajstić information content (AvgIpc) is 2.73. The number of esters is 1. The summed E-state index contributed by atoms with van der Waals surface area (Å²) in [6.45, 7) is 14.5. The first-order valence-electron chi connectivity index (χ1n) is 7.58. The van der Waals surface area contributed by atoms with Gasteiger partial charge in [-0.25, -0.2) is 0 Å². The Morgan fingerprint density at radius 1 is 1.48 bits per heavy atom. The van der Waals surface area contributed by atoms with Crippen LogP contribution in [0.15, 0.2) is 35.6 Å². The van der Waals surface area contributed by atoms with Gasteiger partial charge >= 0.3 is 5.97 Å². The Bertz CT molecular complexity index is 507. The van der Waals surface area contributed by atoms with Crippen molar-refractivity contribution >= 4 is 5.97 Å². The molecule has 0 saturated heterocycles. The molecule has 1 fully saturated rings. The molecule has 0 N–H and O–H groups in total. The Kier molecular flexibility index (Phi) is 4.31. The number of hydrogen-bond acceptors (Lipinski definition) is 3. The standard InChI is InChI=1S/C18H26O3/c1-7-8-14-12(4)15(10-20-14)21-17(19)16-13(9-11(2)3)18(16,5)6/h7,9,13,15-16H,1,8,10H2,2-6H3/t13-,15?,16-/m0/s1. The number of rotatable bonds is 5. The zero-order chi connectivity index (χ0) is 15.8. The van der Waals surface area contributed by atoms with Crippen LogP contribution in [-0.4, -0.2) is 18.7 Å². The molecule has 2 aliphatic rings. The minimum absolute atomic E-state index is 0.00458. The summed E-state index contributed by atoms with van der Waals surface area (Å²) in [7, 11) is 0. The monoisotopic (exact) mass is 290 g/mol. The summed E-state index contributed by atoms with van der Waals surface area (Å²) < 4.78 is 11.3. The first-order chi connectivity index (χ1) is 9.78. The topological polar surface area (TPSA) is 35.5 Å². The Hall–Kier alpha value is -1.51. The normalized spacial score (nSPS) is 29.7. The number of allylic oxidation sites excluding steroid dienone is 3. The summed E-state index contributed by atoms with van der Waals surface area (Å²) in [5, 5.41) is 0. The van der Waals surface area contributed by atoms with Gasteiger partial charge in [0.1, 0.15) is 12.4 Å². The Morgan fingerprint density at radius 2 is 2.14 bits per heavy atom. The van der Waals surface area contributed by atoms with E-state index >= 15 is 0 Å². The molecule has 21 heavy (non-hydrogen) atoms. The van der Waals surface area contributed by atoms with E-state index < -0.39 is 0 Å². The SMILES string of the molecule is C=CCC1=C(C)C(OC(=O)[C@@H]2[C@H](C=C(C)C)C2(C)C)CO1. The molecular weight excluding hydrogens is 264 g/mol. The highest BCUT2D eigenvalue weighted by atomic mass is 16.6. The number of carbonyl (C=O) groups excluding carboxylic acids is 1. The average molecular weight is 290 g/mol. The molecule has 0 aromatic rings. The molecule has 3 nitrogen and oxygen atoms in total. The lowest BCUT2D eigenvalue weighted by Crippen LogP contribution is -2.22. The number of ether oxygens (including phenoxy) is 2. The quantitative estimate of drug-likeness (QED) is 0.567. The van der Waals surface area contributed by atoms with Crippen LogP contribution < -0.4 is 0 Å². The van der Waals surface area contributed by atoms with E-state index in [1.165, 1.54) is 5.57 Å². The van der Waals surface area contributed by atoms with Crippen LogP contribution in [0.5, 0.6) is 0 Å². The van der Waals surface area contributed by atoms with E-state index in [0.717, 1.165) is 11.3 Å². The van der Waals surface area contributed by atoms with E-state index in [4.69, 9.17) is 9.47 Å². The van der Waals surface area contributed by atoms with Crippen LogP contribution in [-0.2, 0) is 14.3 Å². The first-order valence-corrected chi connectivity index (χ1v) is 7.58. The van der Waals surface area contributed by atoms with Crippen LogP contribution in [0.1, 0.15) is 41.0 Å². The molecule has 1 saturated carbocycles. The van der Waals surface area contributed by atoms with Crippen LogP contribution in [0.4, 0.5) is 0 Å². The van der Waals surface area contributed by atoms with Gasteiger partial charge in [-0.05, 0) is 32.1 Å². The minimum Gasteiger partial charge on any atom is -0.493 e. The minimum atomic E-state index is -0.240. The largest absolute Gasteiger partial charge is 0.493 e. The number of carbonyl (C=O) groups is 1. The molecule has 1 heterocycles. The highest BCUT2D eigenvalue weighted by molar-refractivity contribution is 5.78. The molecular formula is C18H26O3. The van der Waals surface area contributed by atoms with E-state index in [0.29, 0.717) is 13.0 Å². The van der Waals surface area contributed by atoms with Gasteiger partial charge in [-0.3, -0.25) is 4.79 Å². The van der Waals surface area contributed by atoms with Crippen molar-refractivity contribution in [2.24, 2.45) is 17.3 Å². The second-order valence-electron chi connectivity index (χ2n) is 6.90. The van der Waals surface area contributed by atoms with Gasteiger partial charge < -0.3 is 9.47 Å². The summed E-state index contributed by atoms with van der Waals surface area (Å²) >= 11 is 0. The maximum Gasteiger partial charge on any atom is 0.310 e.